The van der Waals surface area contributed by atoms with E-state index >= 15 is 0 Å². The van der Waals surface area contributed by atoms with Crippen molar-refractivity contribution in [3.05, 3.63) is 12.1 Å². The molecule has 2 aromatic heterocycles. The lowest BCUT2D eigenvalue weighted by Crippen LogP contribution is -2.50. The molecule has 21 heavy (non-hydrogen) atoms. The van der Waals surface area contributed by atoms with Gasteiger partial charge in [0.15, 0.2) is 11.5 Å². The Morgan fingerprint density at radius 3 is 2.95 bits per heavy atom. The van der Waals surface area contributed by atoms with E-state index in [0.717, 1.165) is 18.9 Å². The van der Waals surface area contributed by atoms with Crippen molar-refractivity contribution in [3.63, 3.8) is 0 Å². The van der Waals surface area contributed by atoms with Crippen LogP contribution in [0.2, 0.25) is 0 Å². The minimum absolute atomic E-state index is 0.135. The van der Waals surface area contributed by atoms with Crippen LogP contribution in [0.25, 0.3) is 5.65 Å². The van der Waals surface area contributed by atoms with Gasteiger partial charge in [-0.3, -0.25) is 0 Å². The number of nitrogens with zero attached hydrogens (tertiary/aromatic N) is 6. The van der Waals surface area contributed by atoms with Gasteiger partial charge in [0.2, 0.25) is 0 Å². The molecule has 0 saturated carbocycles. The monoisotopic (exact) mass is 289 g/mol. The van der Waals surface area contributed by atoms with Gasteiger partial charge in [0.25, 0.3) is 0 Å². The molecular weight excluding hydrogens is 266 g/mol. The number of nitrogens with one attached hydrogen (secondary N) is 1. The molecule has 0 aromatic carbocycles. The first-order valence-electron chi connectivity index (χ1n) is 7.60. The first-order chi connectivity index (χ1) is 10.0. The standard InChI is InChI=1S/C14H23N7/c1-14(2,3)15-10-11-6-4-5-9-20(11)13-8-7-12-16-18-19-21(12)17-13/h7-8,11,15H,4-6,9-10H2,1-3H3. The van der Waals surface area contributed by atoms with E-state index < -0.39 is 0 Å². The van der Waals surface area contributed by atoms with Crippen molar-refractivity contribution in [1.82, 2.24) is 30.6 Å². The van der Waals surface area contributed by atoms with E-state index in [0.29, 0.717) is 11.7 Å². The van der Waals surface area contributed by atoms with Crippen LogP contribution in [-0.2, 0) is 0 Å². The van der Waals surface area contributed by atoms with E-state index in [9.17, 15) is 0 Å². The molecule has 1 aliphatic heterocycles. The van der Waals surface area contributed by atoms with Crippen molar-refractivity contribution < 1.29 is 0 Å². The summed E-state index contributed by atoms with van der Waals surface area (Å²) >= 11 is 0. The molecule has 1 saturated heterocycles. The zero-order valence-corrected chi connectivity index (χ0v) is 13.0. The molecule has 1 N–H and O–H groups in total. The average molecular weight is 289 g/mol. The Labute approximate surface area is 124 Å². The van der Waals surface area contributed by atoms with Gasteiger partial charge in [-0.05, 0) is 62.6 Å². The maximum atomic E-state index is 4.53. The first-order valence-corrected chi connectivity index (χ1v) is 7.60. The normalized spacial score (nSPS) is 20.1. The van der Waals surface area contributed by atoms with Gasteiger partial charge in [-0.25, -0.2) is 0 Å². The van der Waals surface area contributed by atoms with Crippen LogP contribution in [0.1, 0.15) is 40.0 Å². The van der Waals surface area contributed by atoms with E-state index in [1.165, 1.54) is 23.9 Å². The second-order valence-corrected chi connectivity index (χ2v) is 6.69. The minimum atomic E-state index is 0.135. The molecule has 7 nitrogen and oxygen atoms in total. The summed E-state index contributed by atoms with van der Waals surface area (Å²) in [5.74, 6) is 0.954. The fourth-order valence-electron chi connectivity index (χ4n) is 2.73. The number of aromatic nitrogens is 5. The molecular formula is C14H23N7. The van der Waals surface area contributed by atoms with Crippen LogP contribution in [0.15, 0.2) is 12.1 Å². The van der Waals surface area contributed by atoms with Gasteiger partial charge in [-0.15, -0.1) is 14.8 Å². The molecule has 1 aliphatic rings. The number of fused-ring (bicyclic) bond motifs is 1. The molecule has 1 unspecified atom stereocenters. The number of tetrazole rings is 1. The van der Waals surface area contributed by atoms with Crippen molar-refractivity contribution in [3.8, 4) is 0 Å². The summed E-state index contributed by atoms with van der Waals surface area (Å²) in [6.07, 6.45) is 3.68. The van der Waals surface area contributed by atoms with Crippen LogP contribution in [0, 0.1) is 0 Å². The third-order valence-corrected chi connectivity index (χ3v) is 3.84. The second kappa shape index (κ2) is 5.55. The third-order valence-electron chi connectivity index (χ3n) is 3.84. The lowest BCUT2D eigenvalue weighted by atomic mass is 10.0. The Kier molecular flexibility index (Phi) is 3.75. The summed E-state index contributed by atoms with van der Waals surface area (Å²) in [5, 5.41) is 19.6. The molecule has 0 radical (unpaired) electrons. The van der Waals surface area contributed by atoms with Crippen LogP contribution in [-0.4, -0.2) is 49.9 Å². The fourth-order valence-corrected chi connectivity index (χ4v) is 2.73. The zero-order valence-electron chi connectivity index (χ0n) is 13.0. The summed E-state index contributed by atoms with van der Waals surface area (Å²) < 4.78 is 1.50. The van der Waals surface area contributed by atoms with E-state index in [1.807, 2.05) is 12.1 Å². The molecule has 0 spiro atoms. The van der Waals surface area contributed by atoms with Crippen LogP contribution < -0.4 is 10.2 Å². The van der Waals surface area contributed by atoms with Gasteiger partial charge < -0.3 is 10.2 Å². The Balaban J connectivity index is 1.79. The highest BCUT2D eigenvalue weighted by atomic mass is 15.6. The maximum absolute atomic E-state index is 4.53. The van der Waals surface area contributed by atoms with Crippen LogP contribution >= 0.6 is 0 Å². The Bertz CT molecular complexity index is 601. The summed E-state index contributed by atoms with van der Waals surface area (Å²) in [6, 6.07) is 4.41. The highest BCUT2D eigenvalue weighted by Gasteiger charge is 2.25. The van der Waals surface area contributed by atoms with Crippen LogP contribution in [0.3, 0.4) is 0 Å². The Hall–Kier alpha value is -1.76. The number of anilines is 1. The summed E-state index contributed by atoms with van der Waals surface area (Å²) in [5.41, 5.74) is 0.816. The van der Waals surface area contributed by atoms with Crippen molar-refractivity contribution in [1.29, 1.82) is 0 Å². The van der Waals surface area contributed by atoms with Crippen molar-refractivity contribution >= 4 is 11.5 Å². The number of hydrogen-bond donors (Lipinski definition) is 1. The van der Waals surface area contributed by atoms with E-state index in [-0.39, 0.29) is 5.54 Å². The number of rotatable bonds is 3. The lowest BCUT2D eigenvalue weighted by Gasteiger charge is -2.38. The molecule has 1 fully saturated rings. The molecule has 0 bridgehead atoms. The quantitative estimate of drug-likeness (QED) is 0.917. The number of hydrogen-bond acceptors (Lipinski definition) is 6. The van der Waals surface area contributed by atoms with Gasteiger partial charge in [0, 0.05) is 24.7 Å². The Morgan fingerprint density at radius 2 is 2.14 bits per heavy atom. The SMILES string of the molecule is CC(C)(C)NCC1CCCCN1c1ccc2nnnn2n1. The predicted molar refractivity (Wildman–Crippen MR) is 81.3 cm³/mol. The maximum Gasteiger partial charge on any atom is 0.200 e. The van der Waals surface area contributed by atoms with Crippen molar-refractivity contribution in [2.24, 2.45) is 0 Å². The summed E-state index contributed by atoms with van der Waals surface area (Å²) in [6.45, 7) is 8.61. The van der Waals surface area contributed by atoms with Crippen molar-refractivity contribution in [2.75, 3.05) is 18.0 Å². The Morgan fingerprint density at radius 1 is 1.29 bits per heavy atom. The second-order valence-electron chi connectivity index (χ2n) is 6.69. The largest absolute Gasteiger partial charge is 0.351 e. The minimum Gasteiger partial charge on any atom is -0.351 e. The predicted octanol–water partition coefficient (Wildman–Crippen LogP) is 1.27. The van der Waals surface area contributed by atoms with E-state index in [4.69, 9.17) is 0 Å². The molecule has 1 atom stereocenters. The highest BCUT2D eigenvalue weighted by Crippen LogP contribution is 2.23. The molecule has 0 aliphatic carbocycles. The van der Waals surface area contributed by atoms with Gasteiger partial charge in [-0.2, -0.15) is 0 Å². The van der Waals surface area contributed by atoms with Gasteiger partial charge in [0.1, 0.15) is 0 Å². The summed E-state index contributed by atoms with van der Waals surface area (Å²) in [4.78, 5) is 2.38. The smallest absolute Gasteiger partial charge is 0.200 e. The first kappa shape index (κ1) is 14.2. The van der Waals surface area contributed by atoms with Crippen LogP contribution in [0.4, 0.5) is 5.82 Å². The zero-order chi connectivity index (χ0) is 14.9. The number of piperidine rings is 1. The molecule has 2 aromatic rings. The molecule has 114 valence electrons. The van der Waals surface area contributed by atoms with Gasteiger partial charge in [0.05, 0.1) is 0 Å². The molecule has 3 heterocycles. The van der Waals surface area contributed by atoms with Crippen molar-refractivity contribution in [2.45, 2.75) is 51.6 Å². The van der Waals surface area contributed by atoms with E-state index in [1.54, 1.807) is 0 Å². The molecule has 0 amide bonds. The lowest BCUT2D eigenvalue weighted by molar-refractivity contribution is 0.364. The van der Waals surface area contributed by atoms with Gasteiger partial charge in [-0.1, -0.05) is 0 Å². The topological polar surface area (TPSA) is 71.2 Å². The summed E-state index contributed by atoms with van der Waals surface area (Å²) in [7, 11) is 0. The average Bonchev–Trinajstić information content (AvgIpc) is 2.92. The van der Waals surface area contributed by atoms with E-state index in [2.05, 4.69) is 51.6 Å². The highest BCUT2D eigenvalue weighted by molar-refractivity contribution is 5.45. The molecule has 3 rings (SSSR count). The van der Waals surface area contributed by atoms with Crippen LogP contribution in [0.5, 0.6) is 0 Å². The third kappa shape index (κ3) is 3.29. The molecule has 7 heteroatoms. The fraction of sp³-hybridized carbons (Fsp3) is 0.714. The van der Waals surface area contributed by atoms with Gasteiger partial charge >= 0.3 is 0 Å².